The van der Waals surface area contributed by atoms with Crippen LogP contribution >= 0.6 is 0 Å². The second kappa shape index (κ2) is 4.29. The van der Waals surface area contributed by atoms with Crippen LogP contribution in [-0.2, 0) is 14.9 Å². The third-order valence-corrected chi connectivity index (χ3v) is 2.79. The lowest BCUT2D eigenvalue weighted by molar-refractivity contribution is -0.276. The van der Waals surface area contributed by atoms with Crippen LogP contribution in [0.4, 0.5) is 0 Å². The molecule has 1 unspecified atom stereocenters. The summed E-state index contributed by atoms with van der Waals surface area (Å²) in [5, 5.41) is 36.4. The van der Waals surface area contributed by atoms with Gasteiger partial charge in [-0.2, -0.15) is 0 Å². The maximum absolute atomic E-state index is 10.4. The zero-order chi connectivity index (χ0) is 11.8. The summed E-state index contributed by atoms with van der Waals surface area (Å²) >= 11 is 0. The molecule has 0 aliphatic carbocycles. The number of aliphatic hydroxyl groups is 4. The van der Waals surface area contributed by atoms with Crippen LogP contribution in [0.25, 0.3) is 0 Å². The van der Waals surface area contributed by atoms with Gasteiger partial charge in [0.15, 0.2) is 6.29 Å². The molecule has 9 heteroatoms. The lowest BCUT2D eigenvalue weighted by atomic mass is 10.0. The molecule has 0 spiro atoms. The number of ether oxygens (including phenoxy) is 1. The van der Waals surface area contributed by atoms with E-state index in [4.69, 9.17) is 15.3 Å². The molecule has 0 bridgehead atoms. The summed E-state index contributed by atoms with van der Waals surface area (Å²) in [4.78, 5) is 0. The van der Waals surface area contributed by atoms with Gasteiger partial charge in [0.1, 0.15) is 24.4 Å². The molecule has 1 saturated heterocycles. The molecule has 1 aliphatic rings. The summed E-state index contributed by atoms with van der Waals surface area (Å²) in [6, 6.07) is 0. The molecule has 1 rings (SSSR count). The number of hydrogen-bond donors (Lipinski definition) is 4. The molecule has 0 radical (unpaired) electrons. The lowest BCUT2D eigenvalue weighted by Gasteiger charge is -2.38. The van der Waals surface area contributed by atoms with E-state index in [0.717, 1.165) is 0 Å². The van der Waals surface area contributed by atoms with Crippen molar-refractivity contribution in [3.63, 3.8) is 0 Å². The minimum atomic E-state index is -4.66. The smallest absolute Gasteiger partial charge is 0.183 e. The summed E-state index contributed by atoms with van der Waals surface area (Å²) in [5.41, 5.74) is 0. The minimum Gasteiger partial charge on any atom is -0.748 e. The molecule has 0 aromatic heterocycles. The summed E-state index contributed by atoms with van der Waals surface area (Å²) in [6.45, 7) is 0. The molecule has 0 aromatic carbocycles. The Hall–Kier alpha value is -0.290. The van der Waals surface area contributed by atoms with Crippen LogP contribution < -0.4 is 0 Å². The first-order valence-electron chi connectivity index (χ1n) is 4.03. The van der Waals surface area contributed by atoms with Crippen LogP contribution in [0, 0.1) is 0 Å². The Bertz CT molecular complexity index is 313. The highest BCUT2D eigenvalue weighted by atomic mass is 32.2. The van der Waals surface area contributed by atoms with Crippen molar-refractivity contribution < 1.29 is 38.1 Å². The molecule has 1 heterocycles. The monoisotopic (exact) mass is 243 g/mol. The zero-order valence-electron chi connectivity index (χ0n) is 7.42. The molecule has 0 aromatic rings. The van der Waals surface area contributed by atoms with Crippen molar-refractivity contribution in [3.05, 3.63) is 0 Å². The van der Waals surface area contributed by atoms with Crippen molar-refractivity contribution in [1.29, 1.82) is 0 Å². The van der Waals surface area contributed by atoms with Crippen molar-refractivity contribution in [1.82, 2.24) is 0 Å². The van der Waals surface area contributed by atoms with Gasteiger partial charge in [-0.25, -0.2) is 8.42 Å². The Balaban J connectivity index is 2.75. The molecule has 1 aliphatic heterocycles. The Labute approximate surface area is 85.5 Å². The van der Waals surface area contributed by atoms with Crippen molar-refractivity contribution >= 4 is 10.1 Å². The fourth-order valence-electron chi connectivity index (χ4n) is 1.27. The van der Waals surface area contributed by atoms with Crippen LogP contribution in [-0.4, -0.2) is 69.9 Å². The first-order chi connectivity index (χ1) is 6.72. The predicted molar refractivity (Wildman–Crippen MR) is 43.5 cm³/mol. The Kier molecular flexibility index (Phi) is 3.66. The van der Waals surface area contributed by atoms with Gasteiger partial charge < -0.3 is 29.7 Å². The maximum atomic E-state index is 10.4. The fraction of sp³-hybridized carbons (Fsp3) is 1.00. The van der Waals surface area contributed by atoms with Crippen molar-refractivity contribution in [2.75, 3.05) is 5.75 Å². The normalized spacial score (nSPS) is 42.9. The highest BCUT2D eigenvalue weighted by Gasteiger charge is 2.43. The molecule has 8 nitrogen and oxygen atoms in total. The topological polar surface area (TPSA) is 147 Å². The van der Waals surface area contributed by atoms with Crippen LogP contribution in [0.2, 0.25) is 0 Å². The van der Waals surface area contributed by atoms with E-state index in [1.165, 1.54) is 0 Å². The average Bonchev–Trinajstić information content (AvgIpc) is 2.08. The van der Waals surface area contributed by atoms with Gasteiger partial charge >= 0.3 is 0 Å². The molecule has 15 heavy (non-hydrogen) atoms. The molecule has 90 valence electrons. The standard InChI is InChI=1S/C6H12O8S/c7-3-2(1-15(11,12)13)14-6(10)5(9)4(3)8/h2-10H,1H2,(H,11,12,13)/p-1/t2-,3+,4+,5-,6?/m1/s1. The van der Waals surface area contributed by atoms with E-state index in [1.54, 1.807) is 0 Å². The van der Waals surface area contributed by atoms with Gasteiger partial charge in [0.25, 0.3) is 0 Å². The third kappa shape index (κ3) is 3.08. The summed E-state index contributed by atoms with van der Waals surface area (Å²) in [5.74, 6) is -1.09. The molecular weight excluding hydrogens is 232 g/mol. The highest BCUT2D eigenvalue weighted by molar-refractivity contribution is 7.85. The maximum Gasteiger partial charge on any atom is 0.183 e. The number of hydrogen-bond acceptors (Lipinski definition) is 8. The lowest BCUT2D eigenvalue weighted by Crippen LogP contribution is -2.59. The largest absolute Gasteiger partial charge is 0.748 e. The van der Waals surface area contributed by atoms with E-state index in [2.05, 4.69) is 4.74 Å². The van der Waals surface area contributed by atoms with Gasteiger partial charge in [-0.15, -0.1) is 0 Å². The quantitative estimate of drug-likeness (QED) is 0.363. The van der Waals surface area contributed by atoms with E-state index in [-0.39, 0.29) is 0 Å². The van der Waals surface area contributed by atoms with E-state index < -0.39 is 46.6 Å². The van der Waals surface area contributed by atoms with Crippen LogP contribution in [0.3, 0.4) is 0 Å². The Morgan fingerprint density at radius 3 is 2.07 bits per heavy atom. The Morgan fingerprint density at radius 2 is 1.60 bits per heavy atom. The first kappa shape index (κ1) is 12.8. The zero-order valence-corrected chi connectivity index (χ0v) is 8.24. The van der Waals surface area contributed by atoms with E-state index in [9.17, 15) is 18.1 Å². The summed E-state index contributed by atoms with van der Waals surface area (Å²) in [7, 11) is -4.66. The van der Waals surface area contributed by atoms with Gasteiger partial charge in [-0.3, -0.25) is 0 Å². The fourth-order valence-corrected chi connectivity index (χ4v) is 1.95. The van der Waals surface area contributed by atoms with Crippen LogP contribution in [0.5, 0.6) is 0 Å². The van der Waals surface area contributed by atoms with Gasteiger partial charge in [0.05, 0.1) is 15.9 Å². The summed E-state index contributed by atoms with van der Waals surface area (Å²) in [6.07, 6.45) is -8.64. The van der Waals surface area contributed by atoms with Gasteiger partial charge in [0.2, 0.25) is 0 Å². The van der Waals surface area contributed by atoms with Crippen LogP contribution in [0.1, 0.15) is 0 Å². The molecule has 1 fully saturated rings. The number of aliphatic hydroxyl groups excluding tert-OH is 4. The van der Waals surface area contributed by atoms with Crippen LogP contribution in [0.15, 0.2) is 0 Å². The SMILES string of the molecule is O=S(=O)([O-])C[C@H]1OC(O)[C@H](O)[C@@H](O)[C@H]1O. The second-order valence-corrected chi connectivity index (χ2v) is 4.71. The third-order valence-electron chi connectivity index (χ3n) is 2.06. The predicted octanol–water partition coefficient (Wildman–Crippen LogP) is -3.67. The van der Waals surface area contributed by atoms with Crippen molar-refractivity contribution in [2.45, 2.75) is 30.7 Å². The molecule has 0 amide bonds. The second-order valence-electron chi connectivity index (χ2n) is 3.26. The highest BCUT2D eigenvalue weighted by Crippen LogP contribution is 2.20. The van der Waals surface area contributed by atoms with E-state index >= 15 is 0 Å². The summed E-state index contributed by atoms with van der Waals surface area (Å²) < 4.78 is 35.6. The molecule has 5 atom stereocenters. The molecule has 0 saturated carbocycles. The number of rotatable bonds is 2. The minimum absolute atomic E-state index is 1.09. The van der Waals surface area contributed by atoms with E-state index in [1.807, 2.05) is 0 Å². The van der Waals surface area contributed by atoms with Gasteiger partial charge in [-0.05, 0) is 0 Å². The van der Waals surface area contributed by atoms with Crippen molar-refractivity contribution in [2.24, 2.45) is 0 Å². The van der Waals surface area contributed by atoms with Gasteiger partial charge in [0, 0.05) is 0 Å². The van der Waals surface area contributed by atoms with Gasteiger partial charge in [-0.1, -0.05) is 0 Å². The molecular formula is C6H11O8S-. The Morgan fingerprint density at radius 1 is 1.07 bits per heavy atom. The average molecular weight is 243 g/mol. The van der Waals surface area contributed by atoms with Crippen molar-refractivity contribution in [3.8, 4) is 0 Å². The molecule has 4 N–H and O–H groups in total. The van der Waals surface area contributed by atoms with E-state index in [0.29, 0.717) is 0 Å². The first-order valence-corrected chi connectivity index (χ1v) is 5.61.